The maximum Gasteiger partial charge on any atom is 0.355 e. The molecule has 0 bridgehead atoms. The molecule has 9 nitrogen and oxygen atoms in total. The van der Waals surface area contributed by atoms with Gasteiger partial charge in [0.2, 0.25) is 5.95 Å². The van der Waals surface area contributed by atoms with Crippen molar-refractivity contribution in [2.24, 2.45) is 0 Å². The number of halogens is 4. The van der Waals surface area contributed by atoms with E-state index in [-0.39, 0.29) is 29.3 Å². The third-order valence-electron chi connectivity index (χ3n) is 5.38. The molecule has 14 heteroatoms. The molecular weight excluding hydrogens is 519 g/mol. The van der Waals surface area contributed by atoms with E-state index in [9.17, 15) is 22.8 Å². The van der Waals surface area contributed by atoms with E-state index >= 15 is 0 Å². The Bertz CT molecular complexity index is 1640. The first-order valence-electron chi connectivity index (χ1n) is 11.3. The number of benzene rings is 1. The van der Waals surface area contributed by atoms with Gasteiger partial charge in [-0.05, 0) is 23.8 Å². The van der Waals surface area contributed by atoms with Gasteiger partial charge in [0.05, 0.1) is 43.8 Å². The molecule has 3 heterocycles. The monoisotopic (exact) mass is 537 g/mol. The van der Waals surface area contributed by atoms with Crippen LogP contribution in [-0.2, 0) is 13.1 Å². The van der Waals surface area contributed by atoms with Crippen LogP contribution in [0.15, 0.2) is 67.2 Å². The SMILES string of the molecule is [2H]c1c(F)c(F)c([2H])c(Cn2c(NC3=CC4=CN(C)NC4C=C3Cl)nc(=O)n(Cc3cscn3)c2=O)c1F. The van der Waals surface area contributed by atoms with Crippen LogP contribution in [0.1, 0.15) is 14.0 Å². The second-order valence-corrected chi connectivity index (χ2v) is 8.99. The van der Waals surface area contributed by atoms with Crippen LogP contribution in [0.5, 0.6) is 0 Å². The Morgan fingerprint density at radius 1 is 1.19 bits per heavy atom. The minimum atomic E-state index is -1.82. The number of thiazole rings is 1. The quantitative estimate of drug-likeness (QED) is 0.466. The van der Waals surface area contributed by atoms with E-state index in [0.29, 0.717) is 5.69 Å². The fourth-order valence-electron chi connectivity index (χ4n) is 3.70. The number of fused-ring (bicyclic) bond motifs is 1. The predicted octanol–water partition coefficient (Wildman–Crippen LogP) is 2.51. The molecule has 1 atom stereocenters. The van der Waals surface area contributed by atoms with Crippen molar-refractivity contribution in [2.75, 3.05) is 12.4 Å². The number of hydrogen-bond donors (Lipinski definition) is 2. The van der Waals surface area contributed by atoms with Crippen molar-refractivity contribution >= 4 is 28.9 Å². The maximum atomic E-state index is 14.8. The van der Waals surface area contributed by atoms with Gasteiger partial charge in [-0.25, -0.2) is 37.7 Å². The van der Waals surface area contributed by atoms with E-state index in [0.717, 1.165) is 14.7 Å². The van der Waals surface area contributed by atoms with E-state index in [4.69, 9.17) is 14.3 Å². The van der Waals surface area contributed by atoms with Gasteiger partial charge < -0.3 is 10.3 Å². The lowest BCUT2D eigenvalue weighted by atomic mass is 10.0. The zero-order chi connectivity index (χ0) is 27.3. The Morgan fingerprint density at radius 2 is 1.97 bits per heavy atom. The first kappa shape index (κ1) is 21.6. The molecule has 1 unspecified atom stereocenters. The molecule has 1 aromatic carbocycles. The number of hydrogen-bond acceptors (Lipinski definition) is 8. The minimum Gasteiger partial charge on any atom is -0.324 e. The number of allylic oxidation sites excluding steroid dienone is 1. The van der Waals surface area contributed by atoms with Gasteiger partial charge in [0.15, 0.2) is 11.6 Å². The van der Waals surface area contributed by atoms with Crippen LogP contribution in [0.25, 0.3) is 0 Å². The summed E-state index contributed by atoms with van der Waals surface area (Å²) in [6.45, 7) is -1.11. The lowest BCUT2D eigenvalue weighted by Crippen LogP contribution is -2.43. The highest BCUT2D eigenvalue weighted by molar-refractivity contribution is 7.07. The maximum absolute atomic E-state index is 14.8. The zero-order valence-electron chi connectivity index (χ0n) is 20.4. The van der Waals surface area contributed by atoms with Crippen LogP contribution in [-0.4, -0.2) is 37.2 Å². The van der Waals surface area contributed by atoms with Gasteiger partial charge in [0.25, 0.3) is 0 Å². The Kier molecular flexibility index (Phi) is 5.64. The molecule has 0 saturated carbocycles. The molecule has 0 saturated heterocycles. The van der Waals surface area contributed by atoms with Crippen LogP contribution in [0.4, 0.5) is 19.1 Å². The normalized spacial score (nSPS) is 17.8. The molecule has 1 aliphatic carbocycles. The summed E-state index contributed by atoms with van der Waals surface area (Å²) >= 11 is 7.64. The first-order valence-corrected chi connectivity index (χ1v) is 11.7. The number of hydrazine groups is 1. The standard InChI is InChI=1S/C22H17ClF3N7O2S/c1-31-6-12-3-19(14(23)4-18(12)30-31)28-20-29-21(34)33(8-13-9-36-10-27-13)22(35)32(20)7-11-2-16(25)17(26)5-15(11)24/h2-6,9-10,18,30H,7-8H2,1H3,(H,28,29,34)/i2D,5D. The second kappa shape index (κ2) is 9.41. The summed E-state index contributed by atoms with van der Waals surface area (Å²) in [4.78, 5) is 34.3. The third kappa shape index (κ3) is 4.59. The molecule has 0 spiro atoms. The van der Waals surface area contributed by atoms with Crippen molar-refractivity contribution < 1.29 is 15.9 Å². The minimum absolute atomic E-state index is 0.211. The predicted molar refractivity (Wildman–Crippen MR) is 128 cm³/mol. The van der Waals surface area contributed by atoms with Gasteiger partial charge in [-0.3, -0.25) is 4.57 Å². The molecule has 186 valence electrons. The largest absolute Gasteiger partial charge is 0.355 e. The van der Waals surface area contributed by atoms with Gasteiger partial charge in [-0.1, -0.05) is 11.6 Å². The summed E-state index contributed by atoms with van der Waals surface area (Å²) in [7, 11) is 1.78. The highest BCUT2D eigenvalue weighted by Crippen LogP contribution is 2.29. The molecule has 3 aromatic rings. The Labute approximate surface area is 213 Å². The van der Waals surface area contributed by atoms with Crippen LogP contribution < -0.4 is 22.1 Å². The third-order valence-corrected chi connectivity index (χ3v) is 6.34. The Morgan fingerprint density at radius 3 is 2.72 bits per heavy atom. The molecular formula is C22H17ClF3N7O2S. The van der Waals surface area contributed by atoms with Gasteiger partial charge in [0, 0.05) is 30.2 Å². The van der Waals surface area contributed by atoms with E-state index in [2.05, 4.69) is 20.7 Å². The molecule has 0 fully saturated rings. The summed E-state index contributed by atoms with van der Waals surface area (Å²) in [5, 5.41) is 6.34. The van der Waals surface area contributed by atoms with Crippen LogP contribution in [0, 0.1) is 17.5 Å². The first-order chi connectivity index (χ1) is 18.0. The number of anilines is 1. The molecule has 2 aliphatic rings. The van der Waals surface area contributed by atoms with Crippen molar-refractivity contribution in [3.63, 3.8) is 0 Å². The summed E-state index contributed by atoms with van der Waals surface area (Å²) < 4.78 is 59.8. The second-order valence-electron chi connectivity index (χ2n) is 7.87. The van der Waals surface area contributed by atoms with Crippen molar-refractivity contribution in [1.82, 2.24) is 29.5 Å². The average Bonchev–Trinajstić information content (AvgIpc) is 3.52. The lowest BCUT2D eigenvalue weighted by Gasteiger charge is -2.21. The van der Waals surface area contributed by atoms with E-state index in [1.54, 1.807) is 35.8 Å². The van der Waals surface area contributed by atoms with Crippen LogP contribution in [0.2, 0.25) is 0 Å². The average molecular weight is 538 g/mol. The molecule has 36 heavy (non-hydrogen) atoms. The van der Waals surface area contributed by atoms with E-state index in [1.807, 2.05) is 0 Å². The zero-order valence-corrected chi connectivity index (χ0v) is 19.9. The Balaban J connectivity index is 1.65. The number of nitrogens with one attached hydrogen (secondary N) is 2. The topological polar surface area (TPSA) is 97.1 Å². The smallest absolute Gasteiger partial charge is 0.324 e. The molecule has 2 N–H and O–H groups in total. The van der Waals surface area contributed by atoms with E-state index in [1.165, 1.54) is 16.8 Å². The molecule has 0 radical (unpaired) electrons. The van der Waals surface area contributed by atoms with Gasteiger partial charge in [-0.15, -0.1) is 11.3 Å². The van der Waals surface area contributed by atoms with Crippen LogP contribution in [0.3, 0.4) is 0 Å². The summed E-state index contributed by atoms with van der Waals surface area (Å²) in [5.74, 6) is -5.47. The van der Waals surface area contributed by atoms with Crippen LogP contribution >= 0.6 is 22.9 Å². The highest BCUT2D eigenvalue weighted by atomic mass is 35.5. The Hall–Kier alpha value is -3.68. The molecule has 2 aromatic heterocycles. The van der Waals surface area contributed by atoms with Crippen molar-refractivity contribution in [1.29, 1.82) is 0 Å². The molecule has 0 amide bonds. The van der Waals surface area contributed by atoms with E-state index < -0.39 is 53.0 Å². The summed E-state index contributed by atoms with van der Waals surface area (Å²) in [5.41, 5.74) is 3.32. The van der Waals surface area contributed by atoms with Gasteiger partial charge in [0.1, 0.15) is 5.82 Å². The summed E-state index contributed by atoms with van der Waals surface area (Å²) in [6, 6.07) is -2.78. The molecule has 1 aliphatic heterocycles. The number of nitrogens with zero attached hydrogens (tertiary/aromatic N) is 5. The number of rotatable bonds is 6. The highest BCUT2D eigenvalue weighted by Gasteiger charge is 2.26. The summed E-state index contributed by atoms with van der Waals surface area (Å²) in [6.07, 6.45) is 5.11. The number of aromatic nitrogens is 4. The fraction of sp³-hybridized carbons (Fsp3) is 0.182. The van der Waals surface area contributed by atoms with Crippen molar-refractivity contribution in [2.45, 2.75) is 19.1 Å². The lowest BCUT2D eigenvalue weighted by molar-refractivity contribution is 0.349. The van der Waals surface area contributed by atoms with Crippen molar-refractivity contribution in [3.05, 3.63) is 107 Å². The van der Waals surface area contributed by atoms with Gasteiger partial charge >= 0.3 is 11.4 Å². The molecule has 5 rings (SSSR count). The van der Waals surface area contributed by atoms with Gasteiger partial charge in [-0.2, -0.15) is 4.98 Å². The fourth-order valence-corrected chi connectivity index (χ4v) is 4.48. The van der Waals surface area contributed by atoms with Crippen molar-refractivity contribution in [3.8, 4) is 0 Å².